The van der Waals surface area contributed by atoms with Gasteiger partial charge in [-0.15, -0.1) is 11.3 Å². The Hall–Kier alpha value is -1.66. The highest BCUT2D eigenvalue weighted by Crippen LogP contribution is 2.16. The average Bonchev–Trinajstić information content (AvgIpc) is 3.19. The summed E-state index contributed by atoms with van der Waals surface area (Å²) in [5.41, 5.74) is 0.682. The van der Waals surface area contributed by atoms with Gasteiger partial charge in [0.25, 0.3) is 0 Å². The van der Waals surface area contributed by atoms with Crippen molar-refractivity contribution in [1.29, 1.82) is 0 Å². The monoisotopic (exact) mass is 306 g/mol. The Labute approximate surface area is 127 Å². The van der Waals surface area contributed by atoms with Crippen molar-refractivity contribution >= 4 is 17.2 Å². The number of rotatable bonds is 6. The molecule has 2 aromatic rings. The first-order valence-corrected chi connectivity index (χ1v) is 7.99. The van der Waals surface area contributed by atoms with Gasteiger partial charge < -0.3 is 14.6 Å². The van der Waals surface area contributed by atoms with E-state index in [1.54, 1.807) is 11.3 Å². The summed E-state index contributed by atoms with van der Waals surface area (Å²) in [7, 11) is 0. The molecule has 1 unspecified atom stereocenters. The normalized spacial score (nSPS) is 18.0. The molecule has 21 heavy (non-hydrogen) atoms. The number of thiophene rings is 1. The van der Waals surface area contributed by atoms with Gasteiger partial charge in [0, 0.05) is 36.4 Å². The SMILES string of the molecule is O=C(Cc1cc(Cc2cccs2)on1)NCC1CCOC1. The third-order valence-electron chi connectivity index (χ3n) is 3.49. The van der Waals surface area contributed by atoms with Crippen molar-refractivity contribution in [2.75, 3.05) is 19.8 Å². The molecule has 0 bridgehead atoms. The van der Waals surface area contributed by atoms with E-state index in [9.17, 15) is 4.79 Å². The highest BCUT2D eigenvalue weighted by Gasteiger charge is 2.17. The maximum Gasteiger partial charge on any atom is 0.226 e. The number of ether oxygens (including phenoxy) is 1. The second-order valence-corrected chi connectivity index (χ2v) is 6.28. The van der Waals surface area contributed by atoms with Crippen molar-refractivity contribution in [2.45, 2.75) is 19.3 Å². The van der Waals surface area contributed by atoms with E-state index in [2.05, 4.69) is 16.5 Å². The zero-order chi connectivity index (χ0) is 14.5. The fraction of sp³-hybridized carbons (Fsp3) is 0.467. The molecular weight excluding hydrogens is 288 g/mol. The summed E-state index contributed by atoms with van der Waals surface area (Å²) in [6.45, 7) is 2.23. The van der Waals surface area contributed by atoms with Crippen LogP contribution >= 0.6 is 11.3 Å². The van der Waals surface area contributed by atoms with Gasteiger partial charge in [0.2, 0.25) is 5.91 Å². The van der Waals surface area contributed by atoms with E-state index in [1.165, 1.54) is 4.88 Å². The molecule has 1 amide bonds. The highest BCUT2D eigenvalue weighted by molar-refractivity contribution is 7.09. The zero-order valence-corrected chi connectivity index (χ0v) is 12.5. The predicted molar refractivity (Wildman–Crippen MR) is 79.3 cm³/mol. The highest BCUT2D eigenvalue weighted by atomic mass is 32.1. The minimum atomic E-state index is -0.0159. The molecule has 3 heterocycles. The van der Waals surface area contributed by atoms with Gasteiger partial charge in [-0.25, -0.2) is 0 Å². The first-order chi connectivity index (χ1) is 10.3. The number of amides is 1. The molecule has 0 aliphatic carbocycles. The molecule has 6 heteroatoms. The fourth-order valence-corrected chi connectivity index (χ4v) is 3.05. The third-order valence-corrected chi connectivity index (χ3v) is 4.37. The maximum absolute atomic E-state index is 11.9. The van der Waals surface area contributed by atoms with Crippen LogP contribution in [0.2, 0.25) is 0 Å². The van der Waals surface area contributed by atoms with E-state index in [1.807, 2.05) is 17.5 Å². The summed E-state index contributed by atoms with van der Waals surface area (Å²) in [5.74, 6) is 1.22. The molecule has 1 aliphatic heterocycles. The lowest BCUT2D eigenvalue weighted by molar-refractivity contribution is -0.120. The molecule has 0 radical (unpaired) electrons. The van der Waals surface area contributed by atoms with Crippen LogP contribution in [0.3, 0.4) is 0 Å². The average molecular weight is 306 g/mol. The summed E-state index contributed by atoms with van der Waals surface area (Å²) in [5, 5.41) is 8.92. The van der Waals surface area contributed by atoms with Gasteiger partial charge >= 0.3 is 0 Å². The van der Waals surface area contributed by atoms with Crippen molar-refractivity contribution in [3.05, 3.63) is 39.9 Å². The Morgan fingerprint density at radius 1 is 1.52 bits per heavy atom. The lowest BCUT2D eigenvalue weighted by Gasteiger charge is -2.08. The summed E-state index contributed by atoms with van der Waals surface area (Å²) in [6, 6.07) is 5.93. The van der Waals surface area contributed by atoms with E-state index < -0.39 is 0 Å². The number of aromatic nitrogens is 1. The molecule has 1 atom stereocenters. The van der Waals surface area contributed by atoms with Crippen molar-refractivity contribution in [2.24, 2.45) is 5.92 Å². The van der Waals surface area contributed by atoms with Crippen molar-refractivity contribution < 1.29 is 14.1 Å². The van der Waals surface area contributed by atoms with Crippen LogP contribution in [0, 0.1) is 5.92 Å². The van der Waals surface area contributed by atoms with Crippen LogP contribution in [0.25, 0.3) is 0 Å². The summed E-state index contributed by atoms with van der Waals surface area (Å²) in [4.78, 5) is 13.1. The van der Waals surface area contributed by atoms with Gasteiger partial charge in [-0.2, -0.15) is 0 Å². The van der Waals surface area contributed by atoms with E-state index in [0.29, 0.717) is 18.2 Å². The third kappa shape index (κ3) is 4.15. The topological polar surface area (TPSA) is 64.4 Å². The van der Waals surface area contributed by atoms with Gasteiger partial charge in [-0.1, -0.05) is 11.2 Å². The number of hydrogen-bond acceptors (Lipinski definition) is 5. The van der Waals surface area contributed by atoms with Crippen LogP contribution in [0.1, 0.15) is 22.8 Å². The zero-order valence-electron chi connectivity index (χ0n) is 11.7. The van der Waals surface area contributed by atoms with Crippen LogP contribution < -0.4 is 5.32 Å². The molecule has 1 fully saturated rings. The maximum atomic E-state index is 11.9. The van der Waals surface area contributed by atoms with Crippen LogP contribution in [-0.4, -0.2) is 30.8 Å². The van der Waals surface area contributed by atoms with Gasteiger partial charge in [0.15, 0.2) is 0 Å². The van der Waals surface area contributed by atoms with E-state index in [0.717, 1.165) is 31.8 Å². The Bertz CT molecular complexity index is 574. The van der Waals surface area contributed by atoms with Crippen LogP contribution in [0.4, 0.5) is 0 Å². The predicted octanol–water partition coefficient (Wildman–Crippen LogP) is 2.02. The second kappa shape index (κ2) is 6.87. The lowest BCUT2D eigenvalue weighted by atomic mass is 10.1. The summed E-state index contributed by atoms with van der Waals surface area (Å²) in [6.07, 6.45) is 2.02. The Morgan fingerprint density at radius 2 is 2.48 bits per heavy atom. The Kier molecular flexibility index (Phi) is 4.67. The largest absolute Gasteiger partial charge is 0.381 e. The van der Waals surface area contributed by atoms with Crippen molar-refractivity contribution in [3.8, 4) is 0 Å². The molecule has 3 rings (SSSR count). The van der Waals surface area contributed by atoms with E-state index >= 15 is 0 Å². The number of nitrogens with one attached hydrogen (secondary N) is 1. The van der Waals surface area contributed by atoms with Gasteiger partial charge in [0.05, 0.1) is 18.7 Å². The molecule has 0 aromatic carbocycles. The van der Waals surface area contributed by atoms with Crippen LogP contribution in [0.5, 0.6) is 0 Å². The Morgan fingerprint density at radius 3 is 3.24 bits per heavy atom. The molecule has 5 nitrogen and oxygen atoms in total. The van der Waals surface area contributed by atoms with Crippen molar-refractivity contribution in [1.82, 2.24) is 10.5 Å². The lowest BCUT2D eigenvalue weighted by Crippen LogP contribution is -2.30. The smallest absolute Gasteiger partial charge is 0.226 e. The number of hydrogen-bond donors (Lipinski definition) is 1. The van der Waals surface area contributed by atoms with Gasteiger partial charge in [-0.05, 0) is 17.9 Å². The first-order valence-electron chi connectivity index (χ1n) is 7.11. The molecule has 0 spiro atoms. The van der Waals surface area contributed by atoms with Crippen LogP contribution in [0.15, 0.2) is 28.1 Å². The number of carbonyl (C=O) groups is 1. The second-order valence-electron chi connectivity index (χ2n) is 5.25. The molecule has 112 valence electrons. The molecule has 1 saturated heterocycles. The Balaban J connectivity index is 1.46. The fourth-order valence-electron chi connectivity index (χ4n) is 2.34. The molecule has 1 N–H and O–H groups in total. The molecule has 1 aliphatic rings. The molecule has 0 saturated carbocycles. The standard InChI is InChI=1S/C15H18N2O3S/c18-15(16-9-11-3-4-19-10-11)7-12-6-13(20-17-12)8-14-2-1-5-21-14/h1-2,5-6,11H,3-4,7-10H2,(H,16,18). The molecular formula is C15H18N2O3S. The number of nitrogens with zero attached hydrogens (tertiary/aromatic N) is 1. The minimum Gasteiger partial charge on any atom is -0.381 e. The minimum absolute atomic E-state index is 0.0159. The first kappa shape index (κ1) is 14.3. The van der Waals surface area contributed by atoms with E-state index in [4.69, 9.17) is 9.26 Å². The quantitative estimate of drug-likeness (QED) is 0.887. The van der Waals surface area contributed by atoms with Gasteiger partial charge in [0.1, 0.15) is 5.76 Å². The molecule has 2 aromatic heterocycles. The van der Waals surface area contributed by atoms with Crippen LogP contribution in [-0.2, 0) is 22.4 Å². The summed E-state index contributed by atoms with van der Waals surface area (Å²) < 4.78 is 10.6. The van der Waals surface area contributed by atoms with Gasteiger partial charge in [-0.3, -0.25) is 4.79 Å². The summed E-state index contributed by atoms with van der Waals surface area (Å²) >= 11 is 1.68. The van der Waals surface area contributed by atoms with Crippen molar-refractivity contribution in [3.63, 3.8) is 0 Å². The van der Waals surface area contributed by atoms with E-state index in [-0.39, 0.29) is 12.3 Å². The number of carbonyl (C=O) groups excluding carboxylic acids is 1.